The highest BCUT2D eigenvalue weighted by Gasteiger charge is 2.18. The van der Waals surface area contributed by atoms with Crippen LogP contribution in [-0.4, -0.2) is 26.1 Å². The minimum absolute atomic E-state index is 0.382. The standard InChI is InChI=1S/C18H17N5O3/c1-10-14(23(2)18(25)22-16(10)24)11-3-5-12(6-4-11)26-17-13-7-8-19-15(13)20-9-21-17/h3-6,9H,7-8H2,1-2H3,(H,19,20,21)(H,22,24,25). The molecule has 0 fully saturated rings. The topological polar surface area (TPSA) is 102 Å². The van der Waals surface area contributed by atoms with Gasteiger partial charge in [0.05, 0.1) is 11.3 Å². The van der Waals surface area contributed by atoms with Crippen molar-refractivity contribution in [1.29, 1.82) is 0 Å². The number of nitrogens with one attached hydrogen (secondary N) is 2. The van der Waals surface area contributed by atoms with Crippen molar-refractivity contribution in [2.45, 2.75) is 13.3 Å². The second kappa shape index (κ2) is 6.14. The molecule has 132 valence electrons. The lowest BCUT2D eigenvalue weighted by atomic mass is 10.1. The van der Waals surface area contributed by atoms with Gasteiger partial charge in [0.1, 0.15) is 17.9 Å². The molecule has 4 rings (SSSR count). The van der Waals surface area contributed by atoms with Crippen LogP contribution in [-0.2, 0) is 13.5 Å². The summed E-state index contributed by atoms with van der Waals surface area (Å²) in [6.45, 7) is 2.51. The lowest BCUT2D eigenvalue weighted by Crippen LogP contribution is -2.31. The van der Waals surface area contributed by atoms with Gasteiger partial charge in [-0.1, -0.05) is 0 Å². The minimum Gasteiger partial charge on any atom is -0.439 e. The maximum atomic E-state index is 11.9. The van der Waals surface area contributed by atoms with Crippen molar-refractivity contribution in [2.24, 2.45) is 7.05 Å². The largest absolute Gasteiger partial charge is 0.439 e. The molecule has 8 heteroatoms. The molecule has 3 heterocycles. The average Bonchev–Trinajstić information content (AvgIpc) is 3.11. The molecule has 0 amide bonds. The summed E-state index contributed by atoms with van der Waals surface area (Å²) in [4.78, 5) is 34.4. The molecule has 26 heavy (non-hydrogen) atoms. The van der Waals surface area contributed by atoms with Crippen molar-refractivity contribution in [3.63, 3.8) is 0 Å². The Bertz CT molecular complexity index is 1070. The summed E-state index contributed by atoms with van der Waals surface area (Å²) >= 11 is 0. The Morgan fingerprint density at radius 3 is 2.69 bits per heavy atom. The third kappa shape index (κ3) is 2.65. The highest BCUT2D eigenvalue weighted by molar-refractivity contribution is 5.64. The average molecular weight is 351 g/mol. The monoisotopic (exact) mass is 351 g/mol. The first-order chi connectivity index (χ1) is 12.5. The van der Waals surface area contributed by atoms with Gasteiger partial charge in [-0.2, -0.15) is 0 Å². The molecule has 0 unspecified atom stereocenters. The molecule has 2 N–H and O–H groups in total. The van der Waals surface area contributed by atoms with E-state index in [4.69, 9.17) is 4.74 Å². The minimum atomic E-state index is -0.444. The van der Waals surface area contributed by atoms with Gasteiger partial charge in [-0.05, 0) is 43.2 Å². The number of anilines is 1. The van der Waals surface area contributed by atoms with Crippen molar-refractivity contribution < 1.29 is 4.74 Å². The predicted molar refractivity (Wildman–Crippen MR) is 96.8 cm³/mol. The summed E-state index contributed by atoms with van der Waals surface area (Å²) in [7, 11) is 1.63. The Morgan fingerprint density at radius 2 is 1.92 bits per heavy atom. The predicted octanol–water partition coefficient (Wildman–Crippen LogP) is 1.60. The van der Waals surface area contributed by atoms with Crippen LogP contribution in [0.2, 0.25) is 0 Å². The zero-order chi connectivity index (χ0) is 18.3. The van der Waals surface area contributed by atoms with Crippen molar-refractivity contribution in [3.05, 3.63) is 62.6 Å². The van der Waals surface area contributed by atoms with Crippen molar-refractivity contribution in [2.75, 3.05) is 11.9 Å². The molecule has 0 aliphatic carbocycles. The Morgan fingerprint density at radius 1 is 1.15 bits per heavy atom. The van der Waals surface area contributed by atoms with Crippen LogP contribution in [0.4, 0.5) is 5.82 Å². The molecule has 1 aliphatic heterocycles. The van der Waals surface area contributed by atoms with Gasteiger partial charge >= 0.3 is 5.69 Å². The zero-order valence-electron chi connectivity index (χ0n) is 14.4. The number of aromatic nitrogens is 4. The summed E-state index contributed by atoms with van der Waals surface area (Å²) < 4.78 is 7.32. The lowest BCUT2D eigenvalue weighted by molar-refractivity contribution is 0.457. The van der Waals surface area contributed by atoms with E-state index in [1.807, 2.05) is 12.1 Å². The SMILES string of the molecule is Cc1c(-c2ccc(Oc3ncnc4c3CCN4)cc2)n(C)c(=O)[nH]c1=O. The fourth-order valence-electron chi connectivity index (χ4n) is 3.11. The first-order valence-corrected chi connectivity index (χ1v) is 8.20. The van der Waals surface area contributed by atoms with Crippen molar-refractivity contribution in [3.8, 4) is 22.9 Å². The van der Waals surface area contributed by atoms with Crippen LogP contribution in [0, 0.1) is 6.92 Å². The molecule has 0 atom stereocenters. The van der Waals surface area contributed by atoms with E-state index in [-0.39, 0.29) is 5.56 Å². The fourth-order valence-corrected chi connectivity index (χ4v) is 3.11. The smallest absolute Gasteiger partial charge is 0.328 e. The van der Waals surface area contributed by atoms with E-state index in [1.165, 1.54) is 10.9 Å². The van der Waals surface area contributed by atoms with Crippen LogP contribution in [0.25, 0.3) is 11.3 Å². The normalized spacial score (nSPS) is 12.5. The van der Waals surface area contributed by atoms with E-state index in [1.54, 1.807) is 26.1 Å². The summed E-state index contributed by atoms with van der Waals surface area (Å²) in [5.74, 6) is 1.96. The van der Waals surface area contributed by atoms with Gasteiger partial charge in [-0.3, -0.25) is 14.3 Å². The Kier molecular flexibility index (Phi) is 3.80. The molecule has 1 aliphatic rings. The zero-order valence-corrected chi connectivity index (χ0v) is 14.4. The number of fused-ring (bicyclic) bond motifs is 1. The van der Waals surface area contributed by atoms with E-state index in [2.05, 4.69) is 20.3 Å². The summed E-state index contributed by atoms with van der Waals surface area (Å²) in [6, 6.07) is 7.21. The van der Waals surface area contributed by atoms with E-state index >= 15 is 0 Å². The Hall–Kier alpha value is -3.42. The molecule has 1 aromatic carbocycles. The Labute approximate surface area is 148 Å². The van der Waals surface area contributed by atoms with Crippen LogP contribution < -0.4 is 21.3 Å². The van der Waals surface area contributed by atoms with Gasteiger partial charge in [0.2, 0.25) is 5.88 Å². The maximum absolute atomic E-state index is 11.9. The summed E-state index contributed by atoms with van der Waals surface area (Å²) in [5.41, 5.74) is 1.96. The fraction of sp³-hybridized carbons (Fsp3) is 0.222. The number of aromatic amines is 1. The molecule has 0 bridgehead atoms. The third-order valence-corrected chi connectivity index (χ3v) is 4.47. The number of benzene rings is 1. The molecular formula is C18H17N5O3. The second-order valence-corrected chi connectivity index (χ2v) is 6.10. The number of ether oxygens (including phenoxy) is 1. The molecule has 0 saturated heterocycles. The van der Waals surface area contributed by atoms with Crippen LogP contribution in [0.3, 0.4) is 0 Å². The van der Waals surface area contributed by atoms with Crippen molar-refractivity contribution >= 4 is 5.82 Å². The molecule has 0 spiro atoms. The van der Waals surface area contributed by atoms with E-state index in [0.717, 1.165) is 29.9 Å². The van der Waals surface area contributed by atoms with Gasteiger partial charge in [0.25, 0.3) is 5.56 Å². The second-order valence-electron chi connectivity index (χ2n) is 6.10. The maximum Gasteiger partial charge on any atom is 0.328 e. The molecule has 0 radical (unpaired) electrons. The highest BCUT2D eigenvalue weighted by Crippen LogP contribution is 2.31. The number of hydrogen-bond acceptors (Lipinski definition) is 6. The van der Waals surface area contributed by atoms with Gasteiger partial charge in [-0.25, -0.2) is 14.8 Å². The number of hydrogen-bond donors (Lipinski definition) is 2. The highest BCUT2D eigenvalue weighted by atomic mass is 16.5. The Balaban J connectivity index is 1.68. The van der Waals surface area contributed by atoms with Crippen LogP contribution in [0.15, 0.2) is 40.2 Å². The molecule has 0 saturated carbocycles. The number of rotatable bonds is 3. The van der Waals surface area contributed by atoms with E-state index < -0.39 is 5.69 Å². The van der Waals surface area contributed by atoms with Gasteiger partial charge in [-0.15, -0.1) is 0 Å². The quantitative estimate of drug-likeness (QED) is 0.743. The van der Waals surface area contributed by atoms with Gasteiger partial charge in [0.15, 0.2) is 0 Å². The van der Waals surface area contributed by atoms with Gasteiger partial charge in [0, 0.05) is 19.2 Å². The molecular weight excluding hydrogens is 334 g/mol. The lowest BCUT2D eigenvalue weighted by Gasteiger charge is -2.12. The van der Waals surface area contributed by atoms with Crippen LogP contribution in [0.1, 0.15) is 11.1 Å². The van der Waals surface area contributed by atoms with Crippen LogP contribution >= 0.6 is 0 Å². The van der Waals surface area contributed by atoms with E-state index in [9.17, 15) is 9.59 Å². The molecule has 8 nitrogen and oxygen atoms in total. The van der Waals surface area contributed by atoms with Crippen LogP contribution in [0.5, 0.6) is 11.6 Å². The summed E-state index contributed by atoms with van der Waals surface area (Å²) in [5, 5.41) is 3.18. The van der Waals surface area contributed by atoms with Gasteiger partial charge < -0.3 is 10.1 Å². The number of H-pyrrole nitrogens is 1. The molecule has 2 aromatic heterocycles. The number of nitrogens with zero attached hydrogens (tertiary/aromatic N) is 3. The van der Waals surface area contributed by atoms with E-state index in [0.29, 0.717) is 22.9 Å². The first-order valence-electron chi connectivity index (χ1n) is 8.20. The van der Waals surface area contributed by atoms with Crippen molar-refractivity contribution in [1.82, 2.24) is 19.5 Å². The third-order valence-electron chi connectivity index (χ3n) is 4.47. The summed E-state index contributed by atoms with van der Waals surface area (Å²) in [6.07, 6.45) is 2.29. The molecule has 3 aromatic rings. The first kappa shape index (κ1) is 16.1.